The number of ether oxygens (including phenoxy) is 1. The molecule has 2 aromatic rings. The van der Waals surface area contributed by atoms with E-state index in [1.165, 1.54) is 0 Å². The molecule has 2 N–H and O–H groups in total. The smallest absolute Gasteiger partial charge is 0.258 e. The lowest BCUT2D eigenvalue weighted by molar-refractivity contribution is -0.128. The van der Waals surface area contributed by atoms with Gasteiger partial charge in [0.15, 0.2) is 12.4 Å². The molecular formula is C17H22N4O3. The number of hydrogen-bond donors (Lipinski definition) is 2. The molecular weight excluding hydrogens is 308 g/mol. The van der Waals surface area contributed by atoms with E-state index in [4.69, 9.17) is 4.74 Å². The third-order valence-corrected chi connectivity index (χ3v) is 3.34. The van der Waals surface area contributed by atoms with Crippen molar-refractivity contribution in [1.82, 2.24) is 15.1 Å². The normalized spacial score (nSPS) is 11.8. The summed E-state index contributed by atoms with van der Waals surface area (Å²) in [5, 5.41) is 9.49. The zero-order valence-corrected chi connectivity index (χ0v) is 14.0. The maximum absolute atomic E-state index is 12.4. The van der Waals surface area contributed by atoms with Crippen LogP contribution in [0, 0.1) is 5.92 Å². The summed E-state index contributed by atoms with van der Waals surface area (Å²) >= 11 is 0. The van der Waals surface area contributed by atoms with E-state index in [-0.39, 0.29) is 24.3 Å². The van der Waals surface area contributed by atoms with E-state index in [9.17, 15) is 9.59 Å². The number of hydrogen-bond acceptors (Lipinski definition) is 4. The van der Waals surface area contributed by atoms with Crippen molar-refractivity contribution in [3.8, 4) is 5.75 Å². The van der Waals surface area contributed by atoms with E-state index in [2.05, 4.69) is 15.7 Å². The Labute approximate surface area is 141 Å². The van der Waals surface area contributed by atoms with Crippen molar-refractivity contribution in [1.29, 1.82) is 0 Å². The fourth-order valence-electron chi connectivity index (χ4n) is 2.10. The van der Waals surface area contributed by atoms with Gasteiger partial charge in [0.25, 0.3) is 5.91 Å². The topological polar surface area (TPSA) is 85.2 Å². The van der Waals surface area contributed by atoms with E-state index in [1.54, 1.807) is 36.1 Å². The minimum Gasteiger partial charge on any atom is -0.484 e. The predicted octanol–water partition coefficient (Wildman–Crippen LogP) is 1.58. The van der Waals surface area contributed by atoms with Crippen LogP contribution in [-0.4, -0.2) is 34.2 Å². The Balaban J connectivity index is 1.89. The summed E-state index contributed by atoms with van der Waals surface area (Å²) in [6.07, 6.45) is 1.73. The number of carbonyl (C=O) groups excluding carboxylic acids is 2. The highest BCUT2D eigenvalue weighted by molar-refractivity contribution is 5.96. The zero-order valence-electron chi connectivity index (χ0n) is 14.0. The standard InChI is InChI=1S/C17H22N4O3/c1-12(2)16(17(23)18-14-9-10-21(3)20-14)19-15(22)11-24-13-7-5-4-6-8-13/h4-10,12,16H,11H2,1-3H3,(H,19,22)(H,18,20,23)/t16-/m1/s1. The summed E-state index contributed by atoms with van der Waals surface area (Å²) in [6.45, 7) is 3.58. The number of aromatic nitrogens is 2. The Morgan fingerprint density at radius 3 is 2.50 bits per heavy atom. The van der Waals surface area contributed by atoms with Crippen LogP contribution in [0.4, 0.5) is 5.82 Å². The molecule has 128 valence electrons. The maximum atomic E-state index is 12.4. The fourth-order valence-corrected chi connectivity index (χ4v) is 2.10. The fraction of sp³-hybridized carbons (Fsp3) is 0.353. The van der Waals surface area contributed by atoms with Crippen molar-refractivity contribution in [2.24, 2.45) is 13.0 Å². The summed E-state index contributed by atoms with van der Waals surface area (Å²) in [7, 11) is 1.76. The highest BCUT2D eigenvalue weighted by Gasteiger charge is 2.24. The lowest BCUT2D eigenvalue weighted by atomic mass is 10.0. The molecule has 0 aliphatic heterocycles. The van der Waals surface area contributed by atoms with Crippen LogP contribution in [0.5, 0.6) is 5.75 Å². The molecule has 2 rings (SSSR count). The highest BCUT2D eigenvalue weighted by Crippen LogP contribution is 2.09. The molecule has 1 aromatic heterocycles. The lowest BCUT2D eigenvalue weighted by Gasteiger charge is -2.21. The SMILES string of the molecule is CC(C)[C@@H](NC(=O)COc1ccccc1)C(=O)Nc1ccn(C)n1. The molecule has 7 nitrogen and oxygen atoms in total. The molecule has 0 bridgehead atoms. The van der Waals surface area contributed by atoms with Gasteiger partial charge >= 0.3 is 0 Å². The van der Waals surface area contributed by atoms with Gasteiger partial charge in [-0.15, -0.1) is 0 Å². The molecule has 0 radical (unpaired) electrons. The zero-order chi connectivity index (χ0) is 17.5. The van der Waals surface area contributed by atoms with Crippen molar-refractivity contribution in [3.05, 3.63) is 42.6 Å². The van der Waals surface area contributed by atoms with E-state index < -0.39 is 6.04 Å². The minimum absolute atomic E-state index is 0.0746. The Morgan fingerprint density at radius 1 is 1.21 bits per heavy atom. The summed E-state index contributed by atoms with van der Waals surface area (Å²) in [6, 6.07) is 10.1. The summed E-state index contributed by atoms with van der Waals surface area (Å²) in [4.78, 5) is 24.4. The number of nitrogens with zero attached hydrogens (tertiary/aromatic N) is 2. The molecule has 0 saturated carbocycles. The third-order valence-electron chi connectivity index (χ3n) is 3.34. The van der Waals surface area contributed by atoms with Gasteiger partial charge in [0.05, 0.1) is 0 Å². The van der Waals surface area contributed by atoms with Gasteiger partial charge in [-0.25, -0.2) is 0 Å². The quantitative estimate of drug-likeness (QED) is 0.807. The number of carbonyl (C=O) groups is 2. The molecule has 1 heterocycles. The van der Waals surface area contributed by atoms with Crippen molar-refractivity contribution in [2.45, 2.75) is 19.9 Å². The second kappa shape index (κ2) is 8.14. The monoisotopic (exact) mass is 330 g/mol. The largest absolute Gasteiger partial charge is 0.484 e. The molecule has 0 unspecified atom stereocenters. The third kappa shape index (κ3) is 5.12. The average molecular weight is 330 g/mol. The van der Waals surface area contributed by atoms with Gasteiger partial charge in [-0.1, -0.05) is 32.0 Å². The van der Waals surface area contributed by atoms with Crippen molar-refractivity contribution in [3.63, 3.8) is 0 Å². The maximum Gasteiger partial charge on any atom is 0.258 e. The number of para-hydroxylation sites is 1. The molecule has 1 aromatic carbocycles. The van der Waals surface area contributed by atoms with Crippen LogP contribution in [-0.2, 0) is 16.6 Å². The van der Waals surface area contributed by atoms with Crippen LogP contribution in [0.1, 0.15) is 13.8 Å². The molecule has 0 aliphatic carbocycles. The first-order chi connectivity index (χ1) is 11.5. The second-order valence-electron chi connectivity index (χ2n) is 5.75. The Morgan fingerprint density at radius 2 is 1.92 bits per heavy atom. The van der Waals surface area contributed by atoms with E-state index >= 15 is 0 Å². The minimum atomic E-state index is -0.668. The van der Waals surface area contributed by atoms with E-state index in [1.807, 2.05) is 32.0 Å². The Kier molecular flexibility index (Phi) is 5.95. The van der Waals surface area contributed by atoms with Crippen LogP contribution >= 0.6 is 0 Å². The van der Waals surface area contributed by atoms with E-state index in [0.29, 0.717) is 11.6 Å². The molecule has 1 atom stereocenters. The lowest BCUT2D eigenvalue weighted by Crippen LogP contribution is -2.48. The number of anilines is 1. The van der Waals surface area contributed by atoms with Crippen LogP contribution < -0.4 is 15.4 Å². The van der Waals surface area contributed by atoms with Crippen LogP contribution in [0.2, 0.25) is 0 Å². The van der Waals surface area contributed by atoms with Gasteiger partial charge in [0.1, 0.15) is 11.8 Å². The average Bonchev–Trinajstić information content (AvgIpc) is 2.96. The summed E-state index contributed by atoms with van der Waals surface area (Å²) in [5.74, 6) is 0.314. The summed E-state index contributed by atoms with van der Waals surface area (Å²) < 4.78 is 6.98. The first-order valence-corrected chi connectivity index (χ1v) is 7.73. The van der Waals surface area contributed by atoms with Crippen molar-refractivity contribution >= 4 is 17.6 Å². The molecule has 24 heavy (non-hydrogen) atoms. The molecule has 0 saturated heterocycles. The summed E-state index contributed by atoms with van der Waals surface area (Å²) in [5.41, 5.74) is 0. The number of benzene rings is 1. The first kappa shape index (κ1) is 17.5. The number of amides is 2. The Hall–Kier alpha value is -2.83. The van der Waals surface area contributed by atoms with Gasteiger partial charge in [0.2, 0.25) is 5.91 Å². The van der Waals surface area contributed by atoms with Gasteiger partial charge in [-0.05, 0) is 18.1 Å². The van der Waals surface area contributed by atoms with Gasteiger partial charge in [-0.3, -0.25) is 14.3 Å². The molecule has 0 fully saturated rings. The van der Waals surface area contributed by atoms with Crippen LogP contribution in [0.3, 0.4) is 0 Å². The molecule has 2 amide bonds. The van der Waals surface area contributed by atoms with Gasteiger partial charge in [-0.2, -0.15) is 5.10 Å². The molecule has 0 spiro atoms. The predicted molar refractivity (Wildman–Crippen MR) is 90.5 cm³/mol. The van der Waals surface area contributed by atoms with Gasteiger partial charge < -0.3 is 15.4 Å². The van der Waals surface area contributed by atoms with Gasteiger partial charge in [0, 0.05) is 19.3 Å². The van der Waals surface area contributed by atoms with Crippen molar-refractivity contribution in [2.75, 3.05) is 11.9 Å². The number of rotatable bonds is 7. The second-order valence-corrected chi connectivity index (χ2v) is 5.75. The number of nitrogens with one attached hydrogen (secondary N) is 2. The first-order valence-electron chi connectivity index (χ1n) is 7.73. The van der Waals surface area contributed by atoms with Crippen LogP contribution in [0.15, 0.2) is 42.6 Å². The van der Waals surface area contributed by atoms with E-state index in [0.717, 1.165) is 0 Å². The Bertz CT molecular complexity index is 682. The number of aryl methyl sites for hydroxylation is 1. The van der Waals surface area contributed by atoms with Crippen LogP contribution in [0.25, 0.3) is 0 Å². The molecule has 7 heteroatoms. The van der Waals surface area contributed by atoms with Crippen molar-refractivity contribution < 1.29 is 14.3 Å². The highest BCUT2D eigenvalue weighted by atomic mass is 16.5. The molecule has 0 aliphatic rings.